The average molecular weight is 2000 g/mol. The van der Waals surface area contributed by atoms with Gasteiger partial charge in [-0.1, -0.05) is 177 Å². The van der Waals surface area contributed by atoms with Gasteiger partial charge in [0.15, 0.2) is 22.6 Å². The second-order valence-electron chi connectivity index (χ2n) is 35.9. The van der Waals surface area contributed by atoms with E-state index in [1.54, 1.807) is 80.4 Å². The van der Waals surface area contributed by atoms with Gasteiger partial charge >= 0.3 is 6.18 Å². The average Bonchev–Trinajstić information content (AvgIpc) is 1.55. The van der Waals surface area contributed by atoms with Gasteiger partial charge in [0, 0.05) is 80.8 Å². The molecule has 21 rings (SSSR count). The maximum Gasteiger partial charge on any atom is 0.433 e. The minimum atomic E-state index is -4.46. The number of alkyl halides is 3. The summed E-state index contributed by atoms with van der Waals surface area (Å²) in [4.78, 5) is 78.4. The fraction of sp³-hybridized carbons (Fsp3) is 0.210. The summed E-state index contributed by atoms with van der Waals surface area (Å²) in [6.07, 6.45) is -0.544. The molecule has 752 valence electrons. The number of halogens is 3. The van der Waals surface area contributed by atoms with E-state index in [9.17, 15) is 18.0 Å². The Kier molecular flexibility index (Phi) is 34.9. The molecule has 0 saturated carbocycles. The van der Waals surface area contributed by atoms with Gasteiger partial charge in [-0.3, -0.25) is 9.78 Å². The van der Waals surface area contributed by atoms with E-state index < -0.39 is 11.9 Å². The Morgan fingerprint density at radius 1 is 0.304 bits per heavy atom. The van der Waals surface area contributed by atoms with Crippen molar-refractivity contribution >= 4 is 110 Å². The second kappa shape index (κ2) is 48.5. The Balaban J connectivity index is 0.000000134. The fourth-order valence-corrected chi connectivity index (χ4v) is 16.6. The predicted octanol–water partition coefficient (Wildman–Crippen LogP) is 27.9. The molecule has 0 atom stereocenters. The van der Waals surface area contributed by atoms with Crippen LogP contribution in [0.2, 0.25) is 0 Å². The molecule has 0 saturated heterocycles. The molecule has 10 aromatic heterocycles. The third kappa shape index (κ3) is 26.5. The third-order valence-electron chi connectivity index (χ3n) is 23.8. The number of thiazole rings is 1. The molecule has 11 aromatic carbocycles. The number of aromatic nitrogens is 15. The summed E-state index contributed by atoms with van der Waals surface area (Å²) in [5, 5.41) is 12.7. The second-order valence-corrected chi connectivity index (χ2v) is 36.7. The van der Waals surface area contributed by atoms with Gasteiger partial charge in [-0.15, -0.1) is 11.3 Å². The van der Waals surface area contributed by atoms with E-state index in [1.165, 1.54) is 63.5 Å². The Morgan fingerprint density at radius 2 is 0.682 bits per heavy atom. The van der Waals surface area contributed by atoms with Crippen LogP contribution in [0.1, 0.15) is 94.6 Å². The predicted molar refractivity (Wildman–Crippen MR) is 586 cm³/mol. The first-order chi connectivity index (χ1) is 71.1. The van der Waals surface area contributed by atoms with Crippen LogP contribution in [0, 0.1) is 81.6 Å². The fourth-order valence-electron chi connectivity index (χ4n) is 15.9. The highest BCUT2D eigenvalue weighted by Gasteiger charge is 2.34. The number of pyridine rings is 4. The SMILES string of the molecule is COc1cc(-c2ccccc2)nc2ccccc12.COc1cc(-c2csc(NC(=O)CC(C)(C)C)n2)nc2cc(C)ccc12.COc1cc(C(F)(F)F)nc2ccccc12.COc1nc(-c2ccccc2)nc2c(C)c(C)ccc12.COc1nc(-c2ccccc2)nc2ccc(C)cc12.COc1nc(-c2ccncc2)nc2c(C)c(C)ccc12.COc1nc(C)nc2cc(C)c(C)cc12.COc1nc(C)nc2ccc(C)cc12. The van der Waals surface area contributed by atoms with Gasteiger partial charge in [0.25, 0.3) is 0 Å². The molecule has 0 fully saturated rings. The highest BCUT2D eigenvalue weighted by Crippen LogP contribution is 2.40. The van der Waals surface area contributed by atoms with E-state index in [0.717, 1.165) is 156 Å². The molecule has 1 N–H and O–H groups in total. The van der Waals surface area contributed by atoms with Gasteiger partial charge in [0.05, 0.1) is 139 Å². The molecule has 0 spiro atoms. The Bertz CT molecular complexity index is 8170. The van der Waals surface area contributed by atoms with E-state index in [4.69, 9.17) is 52.8 Å². The van der Waals surface area contributed by atoms with Gasteiger partial charge in [-0.05, 0) is 218 Å². The Morgan fingerprint density at radius 3 is 1.18 bits per heavy atom. The zero-order valence-corrected chi connectivity index (χ0v) is 87.5. The lowest BCUT2D eigenvalue weighted by atomic mass is 9.92. The van der Waals surface area contributed by atoms with Crippen LogP contribution in [-0.2, 0) is 11.0 Å². The van der Waals surface area contributed by atoms with Crippen LogP contribution < -0.4 is 43.2 Å². The van der Waals surface area contributed by atoms with Crippen molar-refractivity contribution in [2.45, 2.75) is 110 Å². The maximum absolute atomic E-state index is 12.5. The van der Waals surface area contributed by atoms with Crippen molar-refractivity contribution in [1.29, 1.82) is 0 Å². The molecular weight excluding hydrogens is 1890 g/mol. The number of amides is 1. The van der Waals surface area contributed by atoms with E-state index in [1.807, 2.05) is 255 Å². The molecule has 0 aliphatic carbocycles. The largest absolute Gasteiger partial charge is 0.496 e. The molecule has 21 aromatic rings. The van der Waals surface area contributed by atoms with Crippen LogP contribution in [-0.4, -0.2) is 138 Å². The van der Waals surface area contributed by atoms with E-state index in [2.05, 4.69) is 143 Å². The van der Waals surface area contributed by atoms with Crippen LogP contribution >= 0.6 is 11.3 Å². The minimum absolute atomic E-state index is 0.0296. The van der Waals surface area contributed by atoms with E-state index >= 15 is 0 Å². The molecular formula is C119H115F3N16O9S. The zero-order chi connectivity index (χ0) is 106. The van der Waals surface area contributed by atoms with Crippen LogP contribution in [0.3, 0.4) is 0 Å². The monoisotopic (exact) mass is 2000 g/mol. The van der Waals surface area contributed by atoms with Crippen molar-refractivity contribution in [3.8, 4) is 103 Å². The first kappa shape index (κ1) is 107. The first-order valence-electron chi connectivity index (χ1n) is 47.4. The van der Waals surface area contributed by atoms with Gasteiger partial charge in [0.1, 0.15) is 40.3 Å². The number of carbonyl (C=O) groups is 1. The van der Waals surface area contributed by atoms with Crippen LogP contribution in [0.5, 0.6) is 46.6 Å². The number of ether oxygens (including phenoxy) is 8. The van der Waals surface area contributed by atoms with Crippen molar-refractivity contribution in [2.24, 2.45) is 5.41 Å². The van der Waals surface area contributed by atoms with Crippen molar-refractivity contribution in [1.82, 2.24) is 74.8 Å². The van der Waals surface area contributed by atoms with Crippen LogP contribution in [0.15, 0.2) is 279 Å². The normalized spacial score (nSPS) is 10.9. The summed E-state index contributed by atoms with van der Waals surface area (Å²) < 4.78 is 80.1. The number of carbonyl (C=O) groups excluding carboxylic acids is 1. The highest BCUT2D eigenvalue weighted by molar-refractivity contribution is 7.14. The van der Waals surface area contributed by atoms with E-state index in [-0.39, 0.29) is 22.6 Å². The first-order valence-corrected chi connectivity index (χ1v) is 48.3. The standard InChI is InChI=1S/C20H23N3O2S.C17H16N2O.C16H15N3O.C16H14N2O.C16H13NO.C12H14N2O.C11H8F3NO.C11H12N2O/c1-12-6-7-13-14(8-12)21-15(9-17(13)25-5)16-11-26-19(22-16)23-18(24)10-20(2,3)4;1-11-9-10-14-15(12(11)2)18-16(19-17(14)20-3)13-7-5-4-6-8-13;1-10-4-5-13-14(11(10)2)18-15(19-16(13)20-3)12-6-8-17-9-7-12;1-11-8-9-14-13(10-11)16(19-2)18-15(17-14)12-6-4-3-5-7-12;1-18-16-11-15(12-7-3-2-4-8-12)17-14-10-6-5-9-13(14)16;1-7-5-10-11(6-8(7)2)13-9(3)14-12(10)15-4;1-16-9-6-10(11(12,13)14)15-8-5-3-2-4-7(8)9;1-7-4-5-10-9(6-7)11(14-3)13-8(2)12-10/h6-9,11H,10H2,1-5H3,(H,22,23,24);4-10H,1-3H3;4-9H,1-3H3;3-10H,1-2H3;2-11H,1H3;5-6H,1-4H3;2-6H,1H3;4-6H,1-3H3. The third-order valence-corrected chi connectivity index (χ3v) is 24.6. The summed E-state index contributed by atoms with van der Waals surface area (Å²) in [6, 6.07) is 83.7. The van der Waals surface area contributed by atoms with Crippen LogP contribution in [0.25, 0.3) is 144 Å². The number of hydrogen-bond acceptors (Lipinski definition) is 25. The van der Waals surface area contributed by atoms with E-state index in [0.29, 0.717) is 63.8 Å². The summed E-state index contributed by atoms with van der Waals surface area (Å²) in [6.45, 7) is 28.4. The van der Waals surface area contributed by atoms with Crippen molar-refractivity contribution in [3.05, 3.63) is 346 Å². The van der Waals surface area contributed by atoms with Crippen LogP contribution in [0.4, 0.5) is 18.3 Å². The number of nitrogens with one attached hydrogen (secondary N) is 1. The number of hydrogen-bond donors (Lipinski definition) is 1. The number of fused-ring (bicyclic) bond motifs is 8. The lowest BCUT2D eigenvalue weighted by Crippen LogP contribution is -2.19. The van der Waals surface area contributed by atoms with Gasteiger partial charge in [-0.2, -0.15) is 38.1 Å². The summed E-state index contributed by atoms with van der Waals surface area (Å²) in [5.74, 6) is 8.43. The molecule has 25 nitrogen and oxygen atoms in total. The number of anilines is 1. The lowest BCUT2D eigenvalue weighted by Gasteiger charge is -2.16. The van der Waals surface area contributed by atoms with Gasteiger partial charge in [-0.25, -0.2) is 44.9 Å². The molecule has 0 aliphatic rings. The number of nitrogens with zero attached hydrogens (tertiary/aromatic N) is 15. The number of benzene rings is 11. The smallest absolute Gasteiger partial charge is 0.433 e. The molecule has 10 heterocycles. The van der Waals surface area contributed by atoms with Crippen molar-refractivity contribution < 1.29 is 55.9 Å². The highest BCUT2D eigenvalue weighted by atomic mass is 32.1. The summed E-state index contributed by atoms with van der Waals surface area (Å²) >= 11 is 1.40. The molecule has 29 heteroatoms. The molecule has 0 aliphatic heterocycles. The topological polar surface area (TPSA) is 296 Å². The van der Waals surface area contributed by atoms with Gasteiger partial charge < -0.3 is 43.2 Å². The summed E-state index contributed by atoms with van der Waals surface area (Å²) in [7, 11) is 12.9. The molecule has 0 unspecified atom stereocenters. The molecule has 1 amide bonds. The number of rotatable bonds is 15. The molecule has 148 heavy (non-hydrogen) atoms. The number of para-hydroxylation sites is 2. The van der Waals surface area contributed by atoms with Gasteiger partial charge in [0.2, 0.25) is 35.3 Å². The number of methoxy groups -OCH3 is 8. The summed E-state index contributed by atoms with van der Waals surface area (Å²) in [5.41, 5.74) is 22.9. The lowest BCUT2D eigenvalue weighted by molar-refractivity contribution is -0.141. The quantitative estimate of drug-likeness (QED) is 0.0997. The molecule has 0 bridgehead atoms. The van der Waals surface area contributed by atoms with Crippen molar-refractivity contribution in [3.63, 3.8) is 0 Å². The Labute approximate surface area is 861 Å². The minimum Gasteiger partial charge on any atom is -0.496 e. The molecule has 0 radical (unpaired) electrons. The Hall–Kier alpha value is -17.2. The van der Waals surface area contributed by atoms with Crippen molar-refractivity contribution in [2.75, 3.05) is 62.2 Å². The maximum atomic E-state index is 12.5. The number of aryl methyl sites for hydroxylation is 11. The zero-order valence-electron chi connectivity index (χ0n) is 86.7.